The Balaban J connectivity index is 1.85. The topological polar surface area (TPSA) is 86.7 Å². The molecule has 25 heavy (non-hydrogen) atoms. The predicted molar refractivity (Wildman–Crippen MR) is 98.7 cm³/mol. The van der Waals surface area contributed by atoms with Gasteiger partial charge in [0.15, 0.2) is 5.96 Å². The molecule has 0 unspecified atom stereocenters. The zero-order valence-corrected chi connectivity index (χ0v) is 15.2. The molecule has 0 atom stereocenters. The Morgan fingerprint density at radius 2 is 1.88 bits per heavy atom. The molecule has 1 aromatic carbocycles. The summed E-state index contributed by atoms with van der Waals surface area (Å²) in [6.07, 6.45) is 2.86. The Labute approximate surface area is 148 Å². The molecule has 0 fully saturated rings. The highest BCUT2D eigenvalue weighted by Gasteiger charge is 2.12. The lowest BCUT2D eigenvalue weighted by molar-refractivity contribution is 0.567. The molecule has 0 aliphatic carbocycles. The average Bonchev–Trinajstić information content (AvgIpc) is 2.62. The molecule has 1 aromatic heterocycles. The summed E-state index contributed by atoms with van der Waals surface area (Å²) in [5.41, 5.74) is 1.11. The highest BCUT2D eigenvalue weighted by molar-refractivity contribution is 7.89. The lowest BCUT2D eigenvalue weighted by Crippen LogP contribution is -2.41. The molecule has 0 saturated carbocycles. The SMILES string of the molecule is CN(C)C(=NCc1ccccc1)NCCNS(=O)(=O)c1cccnc1. The number of aromatic nitrogens is 1. The van der Waals surface area contributed by atoms with E-state index in [0.717, 1.165) is 5.56 Å². The van der Waals surface area contributed by atoms with Crippen LogP contribution in [0.15, 0.2) is 64.7 Å². The van der Waals surface area contributed by atoms with E-state index in [1.165, 1.54) is 18.5 Å². The first-order valence-electron chi connectivity index (χ1n) is 7.88. The third-order valence-electron chi connectivity index (χ3n) is 3.32. The first-order valence-corrected chi connectivity index (χ1v) is 9.36. The molecule has 0 bridgehead atoms. The summed E-state index contributed by atoms with van der Waals surface area (Å²) in [7, 11) is 0.231. The van der Waals surface area contributed by atoms with Gasteiger partial charge < -0.3 is 10.2 Å². The van der Waals surface area contributed by atoms with Crippen LogP contribution in [0.4, 0.5) is 0 Å². The van der Waals surface area contributed by atoms with Crippen LogP contribution in [0.3, 0.4) is 0 Å². The minimum atomic E-state index is -3.54. The van der Waals surface area contributed by atoms with E-state index in [0.29, 0.717) is 19.0 Å². The van der Waals surface area contributed by atoms with E-state index in [1.807, 2.05) is 49.3 Å². The molecule has 2 aromatic rings. The van der Waals surface area contributed by atoms with Gasteiger partial charge in [0.1, 0.15) is 4.90 Å². The van der Waals surface area contributed by atoms with E-state index in [9.17, 15) is 8.42 Å². The highest BCUT2D eigenvalue weighted by atomic mass is 32.2. The van der Waals surface area contributed by atoms with Gasteiger partial charge in [0, 0.05) is 39.6 Å². The Bertz CT molecular complexity index is 777. The number of rotatable bonds is 7. The van der Waals surface area contributed by atoms with Crippen LogP contribution >= 0.6 is 0 Å². The molecular weight excluding hydrogens is 338 g/mol. The van der Waals surface area contributed by atoms with Crippen LogP contribution in [0.1, 0.15) is 5.56 Å². The monoisotopic (exact) mass is 361 g/mol. The fourth-order valence-electron chi connectivity index (χ4n) is 2.05. The number of nitrogens with zero attached hydrogens (tertiary/aromatic N) is 3. The van der Waals surface area contributed by atoms with Crippen molar-refractivity contribution in [1.29, 1.82) is 0 Å². The molecule has 0 aliphatic rings. The average molecular weight is 361 g/mol. The summed E-state index contributed by atoms with van der Waals surface area (Å²) >= 11 is 0. The molecule has 134 valence electrons. The van der Waals surface area contributed by atoms with E-state index < -0.39 is 10.0 Å². The van der Waals surface area contributed by atoms with E-state index in [1.54, 1.807) is 6.07 Å². The fraction of sp³-hybridized carbons (Fsp3) is 0.294. The quantitative estimate of drug-likeness (QED) is 0.438. The van der Waals surface area contributed by atoms with Crippen LogP contribution in [0.2, 0.25) is 0 Å². The first kappa shape index (κ1) is 18.9. The molecule has 2 N–H and O–H groups in total. The van der Waals surface area contributed by atoms with Crippen molar-refractivity contribution in [1.82, 2.24) is 19.9 Å². The van der Waals surface area contributed by atoms with Crippen LogP contribution in [0.5, 0.6) is 0 Å². The molecule has 1 heterocycles. The van der Waals surface area contributed by atoms with Gasteiger partial charge in [-0.15, -0.1) is 0 Å². The summed E-state index contributed by atoms with van der Waals surface area (Å²) in [5.74, 6) is 0.699. The summed E-state index contributed by atoms with van der Waals surface area (Å²) in [6.45, 7) is 1.23. The normalized spacial score (nSPS) is 12.0. The van der Waals surface area contributed by atoms with Crippen molar-refractivity contribution in [3.63, 3.8) is 0 Å². The number of benzene rings is 1. The maximum Gasteiger partial charge on any atom is 0.242 e. The molecule has 7 nitrogen and oxygen atoms in total. The van der Waals surface area contributed by atoms with E-state index in [2.05, 4.69) is 20.0 Å². The Kier molecular flexibility index (Phi) is 6.91. The number of hydrogen-bond acceptors (Lipinski definition) is 4. The third kappa shape index (κ3) is 6.17. The van der Waals surface area contributed by atoms with Crippen molar-refractivity contribution in [2.24, 2.45) is 4.99 Å². The molecule has 0 radical (unpaired) electrons. The predicted octanol–water partition coefficient (Wildman–Crippen LogP) is 1.07. The minimum absolute atomic E-state index is 0.153. The number of aliphatic imine (C=N–C) groups is 1. The van der Waals surface area contributed by atoms with Crippen molar-refractivity contribution >= 4 is 16.0 Å². The first-order chi connectivity index (χ1) is 12.0. The molecule has 0 spiro atoms. The van der Waals surface area contributed by atoms with E-state index in [4.69, 9.17) is 0 Å². The second kappa shape index (κ2) is 9.14. The van der Waals surface area contributed by atoms with Gasteiger partial charge in [0.25, 0.3) is 0 Å². The van der Waals surface area contributed by atoms with Gasteiger partial charge in [0.2, 0.25) is 10.0 Å². The largest absolute Gasteiger partial charge is 0.355 e. The van der Waals surface area contributed by atoms with Crippen molar-refractivity contribution in [3.05, 3.63) is 60.4 Å². The summed E-state index contributed by atoms with van der Waals surface area (Å²) in [4.78, 5) is 10.4. The maximum atomic E-state index is 12.1. The van der Waals surface area contributed by atoms with Crippen LogP contribution in [-0.2, 0) is 16.6 Å². The second-order valence-corrected chi connectivity index (χ2v) is 7.30. The Hall–Kier alpha value is -2.45. The fourth-order valence-corrected chi connectivity index (χ4v) is 3.05. The third-order valence-corrected chi connectivity index (χ3v) is 4.77. The molecule has 0 aliphatic heterocycles. The van der Waals surface area contributed by atoms with Crippen molar-refractivity contribution < 1.29 is 8.42 Å². The lowest BCUT2D eigenvalue weighted by atomic mass is 10.2. The number of nitrogens with one attached hydrogen (secondary N) is 2. The standard InChI is InChI=1S/C17H23N5O2S/c1-22(2)17(20-13-15-7-4-3-5-8-15)19-11-12-21-25(23,24)16-9-6-10-18-14-16/h3-10,14,21H,11-13H2,1-2H3,(H,19,20). The number of guanidine groups is 1. The molecular formula is C17H23N5O2S. The zero-order valence-electron chi connectivity index (χ0n) is 14.4. The highest BCUT2D eigenvalue weighted by Crippen LogP contribution is 2.04. The summed E-state index contributed by atoms with van der Waals surface area (Å²) in [5, 5.41) is 3.15. The van der Waals surface area contributed by atoms with Gasteiger partial charge in [-0.25, -0.2) is 18.1 Å². The van der Waals surface area contributed by atoms with Crippen LogP contribution < -0.4 is 10.0 Å². The zero-order chi connectivity index (χ0) is 18.1. The number of hydrogen-bond donors (Lipinski definition) is 2. The van der Waals surface area contributed by atoms with Crippen LogP contribution in [0, 0.1) is 0 Å². The molecule has 2 rings (SSSR count). The summed E-state index contributed by atoms with van der Waals surface area (Å²) < 4.78 is 26.7. The lowest BCUT2D eigenvalue weighted by Gasteiger charge is -2.18. The van der Waals surface area contributed by atoms with Gasteiger partial charge in [-0.2, -0.15) is 0 Å². The minimum Gasteiger partial charge on any atom is -0.355 e. The van der Waals surface area contributed by atoms with Crippen molar-refractivity contribution in [3.8, 4) is 0 Å². The van der Waals surface area contributed by atoms with Crippen molar-refractivity contribution in [2.45, 2.75) is 11.4 Å². The van der Waals surface area contributed by atoms with Gasteiger partial charge in [-0.05, 0) is 17.7 Å². The van der Waals surface area contributed by atoms with E-state index >= 15 is 0 Å². The smallest absolute Gasteiger partial charge is 0.242 e. The molecule has 0 saturated heterocycles. The van der Waals surface area contributed by atoms with Crippen LogP contribution in [-0.4, -0.2) is 51.4 Å². The van der Waals surface area contributed by atoms with Crippen molar-refractivity contribution in [2.75, 3.05) is 27.2 Å². The maximum absolute atomic E-state index is 12.1. The van der Waals surface area contributed by atoms with E-state index in [-0.39, 0.29) is 11.4 Å². The second-order valence-electron chi connectivity index (χ2n) is 5.53. The Morgan fingerprint density at radius 1 is 1.12 bits per heavy atom. The molecule has 8 heteroatoms. The van der Waals surface area contributed by atoms with Gasteiger partial charge in [0.05, 0.1) is 6.54 Å². The Morgan fingerprint density at radius 3 is 2.52 bits per heavy atom. The van der Waals surface area contributed by atoms with Crippen LogP contribution in [0.25, 0.3) is 0 Å². The number of pyridine rings is 1. The van der Waals surface area contributed by atoms with Gasteiger partial charge >= 0.3 is 0 Å². The molecule has 0 amide bonds. The van der Waals surface area contributed by atoms with Gasteiger partial charge in [-0.1, -0.05) is 30.3 Å². The van der Waals surface area contributed by atoms with Gasteiger partial charge in [-0.3, -0.25) is 4.98 Å². The number of sulfonamides is 1. The summed E-state index contributed by atoms with van der Waals surface area (Å²) in [6, 6.07) is 13.0.